The minimum absolute atomic E-state index is 0.128. The lowest BCUT2D eigenvalue weighted by Gasteiger charge is -2.10. The lowest BCUT2D eigenvalue weighted by molar-refractivity contribution is -0.153. The number of nitrogens with one attached hydrogen (secondary N) is 1. The third-order valence-corrected chi connectivity index (χ3v) is 3.35. The summed E-state index contributed by atoms with van der Waals surface area (Å²) < 4.78 is 40.8. The number of halogens is 4. The molecule has 0 heterocycles. The summed E-state index contributed by atoms with van der Waals surface area (Å²) in [5, 5.41) is 3.35. The van der Waals surface area contributed by atoms with Crippen molar-refractivity contribution in [2.24, 2.45) is 0 Å². The summed E-state index contributed by atoms with van der Waals surface area (Å²) in [7, 11) is 0. The standard InChI is InChI=1S/C17H15ClF3NO2/c18-14-5-1-12(2-6-14)9-16(23)22-10-13-3-7-15(8-4-13)24-11-17(19,20)21/h1-8H,9-11H2,(H,22,23). The number of hydrogen-bond donors (Lipinski definition) is 1. The molecule has 2 aromatic carbocycles. The Morgan fingerprint density at radius 1 is 1.00 bits per heavy atom. The quantitative estimate of drug-likeness (QED) is 0.843. The second-order valence-electron chi connectivity index (χ2n) is 5.13. The van der Waals surface area contributed by atoms with E-state index in [1.54, 1.807) is 36.4 Å². The van der Waals surface area contributed by atoms with Crippen LogP contribution in [0.25, 0.3) is 0 Å². The Kier molecular flexibility index (Phi) is 6.09. The topological polar surface area (TPSA) is 38.3 Å². The molecule has 1 amide bonds. The van der Waals surface area contributed by atoms with Crippen LogP contribution in [0, 0.1) is 0 Å². The molecular formula is C17H15ClF3NO2. The average molecular weight is 358 g/mol. The van der Waals surface area contributed by atoms with Gasteiger partial charge in [-0.2, -0.15) is 13.2 Å². The molecule has 0 aliphatic heterocycles. The first-order chi connectivity index (χ1) is 11.3. The van der Waals surface area contributed by atoms with Gasteiger partial charge in [0.25, 0.3) is 0 Å². The number of amides is 1. The van der Waals surface area contributed by atoms with Gasteiger partial charge in [-0.15, -0.1) is 0 Å². The first kappa shape index (κ1) is 18.1. The van der Waals surface area contributed by atoms with Gasteiger partial charge in [-0.25, -0.2) is 0 Å². The van der Waals surface area contributed by atoms with E-state index in [0.717, 1.165) is 11.1 Å². The van der Waals surface area contributed by atoms with Crippen molar-refractivity contribution in [1.29, 1.82) is 0 Å². The molecular weight excluding hydrogens is 343 g/mol. The number of benzene rings is 2. The second kappa shape index (κ2) is 8.06. The van der Waals surface area contributed by atoms with Gasteiger partial charge in [-0.1, -0.05) is 35.9 Å². The fourth-order valence-corrected chi connectivity index (χ4v) is 2.05. The van der Waals surface area contributed by atoms with Crippen LogP contribution in [0.15, 0.2) is 48.5 Å². The van der Waals surface area contributed by atoms with E-state index in [9.17, 15) is 18.0 Å². The first-order valence-corrected chi connectivity index (χ1v) is 7.49. The molecule has 0 aliphatic rings. The number of rotatable bonds is 6. The van der Waals surface area contributed by atoms with Gasteiger partial charge in [0, 0.05) is 11.6 Å². The molecule has 0 atom stereocenters. The zero-order valence-corrected chi connectivity index (χ0v) is 13.3. The Morgan fingerprint density at radius 3 is 2.17 bits per heavy atom. The molecule has 0 aromatic heterocycles. The number of ether oxygens (including phenoxy) is 1. The van der Waals surface area contributed by atoms with Gasteiger partial charge in [0.15, 0.2) is 6.61 Å². The summed E-state index contributed by atoms with van der Waals surface area (Å²) in [6, 6.07) is 13.1. The van der Waals surface area contributed by atoms with Gasteiger partial charge >= 0.3 is 6.18 Å². The number of hydrogen-bond acceptors (Lipinski definition) is 2. The van der Waals surface area contributed by atoms with Gasteiger partial charge in [-0.3, -0.25) is 4.79 Å². The van der Waals surface area contributed by atoms with Crippen LogP contribution in [0.2, 0.25) is 5.02 Å². The molecule has 2 rings (SSSR count). The zero-order chi connectivity index (χ0) is 17.6. The highest BCUT2D eigenvalue weighted by Crippen LogP contribution is 2.18. The molecule has 3 nitrogen and oxygen atoms in total. The molecule has 0 radical (unpaired) electrons. The maximum Gasteiger partial charge on any atom is 0.422 e. The SMILES string of the molecule is O=C(Cc1ccc(Cl)cc1)NCc1ccc(OCC(F)(F)F)cc1. The van der Waals surface area contributed by atoms with Crippen molar-refractivity contribution < 1.29 is 22.7 Å². The van der Waals surface area contributed by atoms with Crippen LogP contribution in [-0.4, -0.2) is 18.7 Å². The zero-order valence-electron chi connectivity index (χ0n) is 12.6. The Balaban J connectivity index is 1.79. The smallest absolute Gasteiger partial charge is 0.422 e. The van der Waals surface area contributed by atoms with E-state index >= 15 is 0 Å². The normalized spacial score (nSPS) is 11.2. The molecule has 0 bridgehead atoms. The van der Waals surface area contributed by atoms with E-state index in [1.165, 1.54) is 12.1 Å². The Hall–Kier alpha value is -2.21. The Bertz CT molecular complexity index is 670. The molecule has 7 heteroatoms. The number of carbonyl (C=O) groups is 1. The van der Waals surface area contributed by atoms with Crippen molar-refractivity contribution >= 4 is 17.5 Å². The predicted octanol–water partition coefficient (Wildman–Crippen LogP) is 4.14. The van der Waals surface area contributed by atoms with Crippen LogP contribution >= 0.6 is 11.6 Å². The van der Waals surface area contributed by atoms with Gasteiger partial charge in [0.05, 0.1) is 6.42 Å². The molecule has 24 heavy (non-hydrogen) atoms. The van der Waals surface area contributed by atoms with Gasteiger partial charge in [-0.05, 0) is 35.4 Å². The highest BCUT2D eigenvalue weighted by Gasteiger charge is 2.28. The summed E-state index contributed by atoms with van der Waals surface area (Å²) in [6.45, 7) is -1.05. The summed E-state index contributed by atoms with van der Waals surface area (Å²) >= 11 is 5.78. The second-order valence-corrected chi connectivity index (χ2v) is 5.56. The first-order valence-electron chi connectivity index (χ1n) is 7.11. The Morgan fingerprint density at radius 2 is 1.58 bits per heavy atom. The van der Waals surface area contributed by atoms with Crippen molar-refractivity contribution in [3.8, 4) is 5.75 Å². The minimum Gasteiger partial charge on any atom is -0.484 e. The van der Waals surface area contributed by atoms with Crippen LogP contribution in [-0.2, 0) is 17.8 Å². The van der Waals surface area contributed by atoms with Crippen LogP contribution in [0.1, 0.15) is 11.1 Å². The van der Waals surface area contributed by atoms with Crippen LogP contribution in [0.5, 0.6) is 5.75 Å². The van der Waals surface area contributed by atoms with Crippen LogP contribution < -0.4 is 10.1 Å². The molecule has 0 spiro atoms. The maximum atomic E-state index is 12.1. The van der Waals surface area contributed by atoms with E-state index in [1.807, 2.05) is 0 Å². The van der Waals surface area contributed by atoms with Gasteiger partial charge in [0.2, 0.25) is 5.91 Å². The van der Waals surface area contributed by atoms with E-state index in [2.05, 4.69) is 10.1 Å². The van der Waals surface area contributed by atoms with Crippen molar-refractivity contribution in [3.63, 3.8) is 0 Å². The molecule has 2 aromatic rings. The minimum atomic E-state index is -4.37. The van der Waals surface area contributed by atoms with Crippen LogP contribution in [0.4, 0.5) is 13.2 Å². The fourth-order valence-electron chi connectivity index (χ4n) is 1.92. The molecule has 0 aliphatic carbocycles. The van der Waals surface area contributed by atoms with Gasteiger partial charge in [0.1, 0.15) is 5.75 Å². The summed E-state index contributed by atoms with van der Waals surface area (Å²) in [4.78, 5) is 11.9. The highest BCUT2D eigenvalue weighted by molar-refractivity contribution is 6.30. The van der Waals surface area contributed by atoms with Crippen LogP contribution in [0.3, 0.4) is 0 Å². The largest absolute Gasteiger partial charge is 0.484 e. The Labute approximate surface area is 142 Å². The van der Waals surface area contributed by atoms with E-state index < -0.39 is 12.8 Å². The monoisotopic (exact) mass is 357 g/mol. The number of alkyl halides is 3. The van der Waals surface area contributed by atoms with E-state index in [4.69, 9.17) is 11.6 Å². The molecule has 0 unspecified atom stereocenters. The van der Waals surface area contributed by atoms with Crippen molar-refractivity contribution in [3.05, 3.63) is 64.7 Å². The lowest BCUT2D eigenvalue weighted by Crippen LogP contribution is -2.24. The number of carbonyl (C=O) groups excluding carboxylic acids is 1. The predicted molar refractivity (Wildman–Crippen MR) is 85.0 cm³/mol. The molecule has 1 N–H and O–H groups in total. The van der Waals surface area contributed by atoms with Crippen molar-refractivity contribution in [2.75, 3.05) is 6.61 Å². The van der Waals surface area contributed by atoms with E-state index in [0.29, 0.717) is 5.02 Å². The summed E-state index contributed by atoms with van der Waals surface area (Å²) in [5.41, 5.74) is 1.60. The molecule has 128 valence electrons. The third kappa shape index (κ3) is 6.50. The maximum absolute atomic E-state index is 12.1. The van der Waals surface area contributed by atoms with E-state index in [-0.39, 0.29) is 24.6 Å². The molecule has 0 saturated heterocycles. The van der Waals surface area contributed by atoms with Crippen molar-refractivity contribution in [2.45, 2.75) is 19.1 Å². The highest BCUT2D eigenvalue weighted by atomic mass is 35.5. The third-order valence-electron chi connectivity index (χ3n) is 3.09. The average Bonchev–Trinajstić information content (AvgIpc) is 2.53. The fraction of sp³-hybridized carbons (Fsp3) is 0.235. The summed E-state index contributed by atoms with van der Waals surface area (Å²) in [5.74, 6) is -0.0294. The molecule has 0 fully saturated rings. The summed E-state index contributed by atoms with van der Waals surface area (Å²) in [6.07, 6.45) is -4.14. The molecule has 0 saturated carbocycles. The lowest BCUT2D eigenvalue weighted by atomic mass is 10.1. The van der Waals surface area contributed by atoms with Gasteiger partial charge < -0.3 is 10.1 Å². The van der Waals surface area contributed by atoms with Crippen molar-refractivity contribution in [1.82, 2.24) is 5.32 Å².